The zero-order chi connectivity index (χ0) is 23.5. The third kappa shape index (κ3) is 4.50. The average molecular weight is 472 g/mol. The fraction of sp³-hybridized carbons (Fsp3) is 0.192. The van der Waals surface area contributed by atoms with Crippen LogP contribution in [0.15, 0.2) is 82.2 Å². The van der Waals surface area contributed by atoms with Crippen LogP contribution in [0.1, 0.15) is 27.7 Å². The van der Waals surface area contributed by atoms with Crippen LogP contribution in [0.2, 0.25) is 0 Å². The van der Waals surface area contributed by atoms with Crippen molar-refractivity contribution >= 4 is 28.3 Å². The first-order valence-electron chi connectivity index (χ1n) is 11.0. The maximum atomic E-state index is 13.5. The Morgan fingerprint density at radius 1 is 1.18 bits per heavy atom. The minimum Gasteiger partial charge on any atom is -0.467 e. The van der Waals surface area contributed by atoms with Gasteiger partial charge >= 0.3 is 0 Å². The van der Waals surface area contributed by atoms with Crippen molar-refractivity contribution in [2.75, 3.05) is 20.6 Å². The van der Waals surface area contributed by atoms with Crippen molar-refractivity contribution in [3.63, 3.8) is 0 Å². The second kappa shape index (κ2) is 9.62. The van der Waals surface area contributed by atoms with Crippen LogP contribution < -0.4 is 5.32 Å². The number of thiophene rings is 1. The number of nitrogens with zero attached hydrogens (tertiary/aromatic N) is 4. The standard InChI is InChI=1S/C26H25N5O2S/c1-30(2)24(19-10-12-34-17-19)15-27-26(32)21-13-23(18-7-4-3-5-8-18)29-25-22(21)14-28-31(25)16-20-9-6-11-33-20/h3-14,17,24H,15-16H2,1-2H3,(H,27,32). The van der Waals surface area contributed by atoms with Gasteiger partial charge in [-0.1, -0.05) is 30.3 Å². The topological polar surface area (TPSA) is 76.2 Å². The van der Waals surface area contributed by atoms with Crippen molar-refractivity contribution in [2.45, 2.75) is 12.6 Å². The molecule has 1 amide bonds. The minimum atomic E-state index is -0.149. The monoisotopic (exact) mass is 471 g/mol. The molecule has 1 aromatic carbocycles. The van der Waals surface area contributed by atoms with E-state index in [9.17, 15) is 4.79 Å². The number of nitrogens with one attached hydrogen (secondary N) is 1. The van der Waals surface area contributed by atoms with Gasteiger partial charge in [-0.2, -0.15) is 16.4 Å². The molecule has 5 rings (SSSR count). The molecule has 0 saturated heterocycles. The number of hydrogen-bond acceptors (Lipinski definition) is 6. The summed E-state index contributed by atoms with van der Waals surface area (Å²) in [7, 11) is 4.04. The Labute approximate surface area is 201 Å². The molecule has 1 N–H and O–H groups in total. The molecular weight excluding hydrogens is 446 g/mol. The van der Waals surface area contributed by atoms with E-state index in [4.69, 9.17) is 9.40 Å². The number of aromatic nitrogens is 3. The Morgan fingerprint density at radius 2 is 2.03 bits per heavy atom. The van der Waals surface area contributed by atoms with Gasteiger partial charge in [0.15, 0.2) is 5.65 Å². The number of likely N-dealkylation sites (N-methyl/N-ethyl adjacent to an activating group) is 1. The van der Waals surface area contributed by atoms with E-state index in [-0.39, 0.29) is 11.9 Å². The molecule has 0 spiro atoms. The highest BCUT2D eigenvalue weighted by Crippen LogP contribution is 2.26. The maximum Gasteiger partial charge on any atom is 0.252 e. The van der Waals surface area contributed by atoms with Gasteiger partial charge in [-0.05, 0) is 54.7 Å². The molecule has 0 radical (unpaired) electrons. The number of carbonyl (C=O) groups is 1. The van der Waals surface area contributed by atoms with Crippen LogP contribution in [0, 0.1) is 0 Å². The fourth-order valence-electron chi connectivity index (χ4n) is 4.01. The molecule has 1 unspecified atom stereocenters. The van der Waals surface area contributed by atoms with Crippen LogP contribution in [-0.4, -0.2) is 46.2 Å². The summed E-state index contributed by atoms with van der Waals surface area (Å²) < 4.78 is 7.27. The molecule has 172 valence electrons. The Morgan fingerprint density at radius 3 is 2.74 bits per heavy atom. The van der Waals surface area contributed by atoms with E-state index in [1.807, 2.05) is 62.6 Å². The number of carbonyl (C=O) groups excluding carboxylic acids is 1. The van der Waals surface area contributed by atoms with E-state index < -0.39 is 0 Å². The average Bonchev–Trinajstić information content (AvgIpc) is 3.62. The number of benzene rings is 1. The highest BCUT2D eigenvalue weighted by Gasteiger charge is 2.20. The van der Waals surface area contributed by atoms with Gasteiger partial charge in [0.1, 0.15) is 12.3 Å². The van der Waals surface area contributed by atoms with E-state index in [1.54, 1.807) is 28.5 Å². The summed E-state index contributed by atoms with van der Waals surface area (Å²) >= 11 is 1.66. The highest BCUT2D eigenvalue weighted by molar-refractivity contribution is 7.08. The summed E-state index contributed by atoms with van der Waals surface area (Å²) in [5.41, 5.74) is 4.05. The lowest BCUT2D eigenvalue weighted by atomic mass is 10.1. The van der Waals surface area contributed by atoms with Gasteiger partial charge < -0.3 is 14.6 Å². The summed E-state index contributed by atoms with van der Waals surface area (Å²) in [5.74, 6) is 0.622. The molecule has 4 aromatic heterocycles. The number of pyridine rings is 1. The smallest absolute Gasteiger partial charge is 0.252 e. The molecule has 34 heavy (non-hydrogen) atoms. The van der Waals surface area contributed by atoms with E-state index in [0.717, 1.165) is 17.0 Å². The molecule has 0 aliphatic carbocycles. The van der Waals surface area contributed by atoms with E-state index in [0.29, 0.717) is 29.7 Å². The molecule has 0 aliphatic heterocycles. The first-order chi connectivity index (χ1) is 16.6. The van der Waals surface area contributed by atoms with Gasteiger partial charge in [-0.15, -0.1) is 0 Å². The molecule has 4 heterocycles. The molecule has 5 aromatic rings. The quantitative estimate of drug-likeness (QED) is 0.351. The van der Waals surface area contributed by atoms with Crippen LogP contribution in [0.3, 0.4) is 0 Å². The molecule has 7 nitrogen and oxygen atoms in total. The van der Waals surface area contributed by atoms with Crippen LogP contribution in [0.4, 0.5) is 0 Å². The fourth-order valence-corrected chi connectivity index (χ4v) is 4.71. The zero-order valence-corrected chi connectivity index (χ0v) is 19.8. The normalized spacial score (nSPS) is 12.3. The summed E-state index contributed by atoms with van der Waals surface area (Å²) in [6, 6.07) is 17.6. The highest BCUT2D eigenvalue weighted by atomic mass is 32.1. The first-order valence-corrected chi connectivity index (χ1v) is 12.0. The van der Waals surface area contributed by atoms with Gasteiger partial charge in [0.25, 0.3) is 5.91 Å². The van der Waals surface area contributed by atoms with Gasteiger partial charge in [0.05, 0.1) is 35.1 Å². The number of fused-ring (bicyclic) bond motifs is 1. The Balaban J connectivity index is 1.51. The number of furan rings is 1. The summed E-state index contributed by atoms with van der Waals surface area (Å²) in [6.45, 7) is 0.928. The van der Waals surface area contributed by atoms with Crippen LogP contribution in [0.5, 0.6) is 0 Å². The Kier molecular flexibility index (Phi) is 6.24. The number of hydrogen-bond donors (Lipinski definition) is 1. The molecule has 0 aliphatic rings. The van der Waals surface area contributed by atoms with Gasteiger partial charge in [0, 0.05) is 12.1 Å². The lowest BCUT2D eigenvalue weighted by molar-refractivity contribution is 0.0943. The van der Waals surface area contributed by atoms with E-state index in [2.05, 4.69) is 32.1 Å². The third-order valence-corrected chi connectivity index (χ3v) is 6.52. The molecular formula is C26H25N5O2S. The first kappa shape index (κ1) is 22.1. The molecule has 0 bridgehead atoms. The van der Waals surface area contributed by atoms with Gasteiger partial charge in [-0.25, -0.2) is 9.67 Å². The van der Waals surface area contributed by atoms with Crippen LogP contribution in [0.25, 0.3) is 22.3 Å². The Bertz CT molecular complexity index is 1380. The van der Waals surface area contributed by atoms with Crippen molar-refractivity contribution in [3.05, 3.63) is 94.7 Å². The van der Waals surface area contributed by atoms with Crippen molar-refractivity contribution in [2.24, 2.45) is 0 Å². The summed E-state index contributed by atoms with van der Waals surface area (Å²) in [6.07, 6.45) is 3.34. The lowest BCUT2D eigenvalue weighted by Crippen LogP contribution is -2.34. The van der Waals surface area contributed by atoms with Crippen molar-refractivity contribution in [3.8, 4) is 11.3 Å². The molecule has 0 fully saturated rings. The SMILES string of the molecule is CN(C)C(CNC(=O)c1cc(-c2ccccc2)nc2c1cnn2Cc1ccco1)c1ccsc1. The summed E-state index contributed by atoms with van der Waals surface area (Å²) in [5, 5.41) is 12.5. The van der Waals surface area contributed by atoms with Crippen LogP contribution in [-0.2, 0) is 6.54 Å². The van der Waals surface area contributed by atoms with E-state index in [1.165, 1.54) is 5.56 Å². The predicted octanol–water partition coefficient (Wildman–Crippen LogP) is 4.83. The van der Waals surface area contributed by atoms with Crippen LogP contribution >= 0.6 is 11.3 Å². The summed E-state index contributed by atoms with van der Waals surface area (Å²) in [4.78, 5) is 20.4. The molecule has 8 heteroatoms. The molecule has 1 atom stereocenters. The largest absolute Gasteiger partial charge is 0.467 e. The zero-order valence-electron chi connectivity index (χ0n) is 19.0. The van der Waals surface area contributed by atoms with Gasteiger partial charge in [-0.3, -0.25) is 4.79 Å². The predicted molar refractivity (Wildman–Crippen MR) is 134 cm³/mol. The maximum absolute atomic E-state index is 13.5. The number of amides is 1. The molecule has 0 saturated carbocycles. The van der Waals surface area contributed by atoms with Crippen molar-refractivity contribution < 1.29 is 9.21 Å². The second-order valence-corrected chi connectivity index (χ2v) is 9.07. The van der Waals surface area contributed by atoms with E-state index >= 15 is 0 Å². The minimum absolute atomic E-state index is 0.0859. The van der Waals surface area contributed by atoms with Crippen molar-refractivity contribution in [1.29, 1.82) is 0 Å². The lowest BCUT2D eigenvalue weighted by Gasteiger charge is -2.24. The van der Waals surface area contributed by atoms with Gasteiger partial charge in [0.2, 0.25) is 0 Å². The second-order valence-electron chi connectivity index (χ2n) is 8.29. The number of rotatable bonds is 8. The third-order valence-electron chi connectivity index (χ3n) is 5.82. The van der Waals surface area contributed by atoms with Crippen molar-refractivity contribution in [1.82, 2.24) is 25.0 Å². The Hall–Kier alpha value is -3.75.